The summed E-state index contributed by atoms with van der Waals surface area (Å²) in [5.74, 6) is -1.05. The fraction of sp³-hybridized carbons (Fsp3) is 0.333. The topological polar surface area (TPSA) is 87.0 Å². The van der Waals surface area contributed by atoms with E-state index in [1.54, 1.807) is 19.9 Å². The predicted molar refractivity (Wildman–Crippen MR) is 77.8 cm³/mol. The molecular formula is C15H16N2O5. The van der Waals surface area contributed by atoms with Crippen LogP contribution in [0.3, 0.4) is 0 Å². The van der Waals surface area contributed by atoms with Crippen LogP contribution in [0.25, 0.3) is 5.65 Å². The van der Waals surface area contributed by atoms with Gasteiger partial charge in [-0.15, -0.1) is 0 Å². The van der Waals surface area contributed by atoms with Gasteiger partial charge in [0.2, 0.25) is 0 Å². The first kappa shape index (κ1) is 15.7. The van der Waals surface area contributed by atoms with Crippen molar-refractivity contribution in [2.24, 2.45) is 0 Å². The van der Waals surface area contributed by atoms with Gasteiger partial charge in [-0.2, -0.15) is 0 Å². The van der Waals surface area contributed by atoms with Gasteiger partial charge in [0.05, 0.1) is 19.6 Å². The maximum absolute atomic E-state index is 12.4. The number of fused-ring (bicyclic) bond motifs is 1. The molecule has 22 heavy (non-hydrogen) atoms. The number of esters is 2. The van der Waals surface area contributed by atoms with Crippen molar-refractivity contribution in [3.8, 4) is 0 Å². The quantitative estimate of drug-likeness (QED) is 0.765. The Morgan fingerprint density at radius 3 is 2.64 bits per heavy atom. The van der Waals surface area contributed by atoms with Crippen molar-refractivity contribution >= 4 is 17.6 Å². The van der Waals surface area contributed by atoms with E-state index in [-0.39, 0.29) is 36.4 Å². The van der Waals surface area contributed by atoms with E-state index in [0.29, 0.717) is 0 Å². The molecular weight excluding hydrogens is 288 g/mol. The molecule has 0 unspecified atom stereocenters. The lowest BCUT2D eigenvalue weighted by molar-refractivity contribution is -0.142. The summed E-state index contributed by atoms with van der Waals surface area (Å²) >= 11 is 0. The second kappa shape index (κ2) is 6.84. The summed E-state index contributed by atoms with van der Waals surface area (Å²) in [5, 5.41) is 0. The summed E-state index contributed by atoms with van der Waals surface area (Å²) in [5.41, 5.74) is 0.184. The smallest absolute Gasteiger partial charge is 0.341 e. The molecule has 0 aliphatic heterocycles. The molecule has 0 spiro atoms. The first-order valence-electron chi connectivity index (χ1n) is 6.90. The lowest BCUT2D eigenvalue weighted by Crippen LogP contribution is -2.24. The van der Waals surface area contributed by atoms with Crippen molar-refractivity contribution in [3.63, 3.8) is 0 Å². The molecule has 2 aromatic rings. The molecule has 2 heterocycles. The molecule has 0 bridgehead atoms. The lowest BCUT2D eigenvalue weighted by Gasteiger charge is -2.08. The maximum Gasteiger partial charge on any atom is 0.341 e. The van der Waals surface area contributed by atoms with Crippen LogP contribution in [0.5, 0.6) is 0 Å². The average Bonchev–Trinajstić information content (AvgIpc) is 2.50. The van der Waals surface area contributed by atoms with Gasteiger partial charge >= 0.3 is 11.9 Å². The Kier molecular flexibility index (Phi) is 4.88. The van der Waals surface area contributed by atoms with E-state index in [0.717, 1.165) is 0 Å². The summed E-state index contributed by atoms with van der Waals surface area (Å²) in [4.78, 5) is 39.8. The van der Waals surface area contributed by atoms with E-state index in [4.69, 9.17) is 9.47 Å². The van der Waals surface area contributed by atoms with E-state index in [1.807, 2.05) is 0 Å². The van der Waals surface area contributed by atoms with Gasteiger partial charge in [-0.05, 0) is 26.0 Å². The molecule has 7 heteroatoms. The summed E-state index contributed by atoms with van der Waals surface area (Å²) in [6, 6.07) is 3.08. The number of hydrogen-bond donors (Lipinski definition) is 0. The van der Waals surface area contributed by atoms with Gasteiger partial charge < -0.3 is 9.47 Å². The van der Waals surface area contributed by atoms with Crippen LogP contribution >= 0.6 is 0 Å². The van der Waals surface area contributed by atoms with Gasteiger partial charge in [-0.25, -0.2) is 9.78 Å². The zero-order chi connectivity index (χ0) is 16.1. The highest BCUT2D eigenvalue weighted by molar-refractivity contribution is 5.95. The third-order valence-electron chi connectivity index (χ3n) is 2.94. The van der Waals surface area contributed by atoms with Crippen LogP contribution in [-0.2, 0) is 20.7 Å². The van der Waals surface area contributed by atoms with Crippen molar-refractivity contribution in [1.82, 2.24) is 9.38 Å². The van der Waals surface area contributed by atoms with Gasteiger partial charge in [-0.3, -0.25) is 14.0 Å². The fourth-order valence-electron chi connectivity index (χ4n) is 2.00. The molecule has 0 saturated carbocycles. The minimum atomic E-state index is -0.550. The molecule has 0 saturated heterocycles. The Labute approximate surface area is 126 Å². The Hall–Kier alpha value is -2.70. The molecule has 0 atom stereocenters. The molecule has 7 nitrogen and oxygen atoms in total. The second-order valence-electron chi connectivity index (χ2n) is 4.41. The molecule has 0 amide bonds. The van der Waals surface area contributed by atoms with Crippen molar-refractivity contribution in [3.05, 3.63) is 46.0 Å². The monoisotopic (exact) mass is 304 g/mol. The van der Waals surface area contributed by atoms with Crippen molar-refractivity contribution in [2.75, 3.05) is 13.2 Å². The highest BCUT2D eigenvalue weighted by atomic mass is 16.5. The summed E-state index contributed by atoms with van der Waals surface area (Å²) in [6.07, 6.45) is 2.62. The van der Waals surface area contributed by atoms with Gasteiger partial charge in [0, 0.05) is 18.0 Å². The number of pyridine rings is 1. The van der Waals surface area contributed by atoms with E-state index in [9.17, 15) is 14.4 Å². The van der Waals surface area contributed by atoms with E-state index < -0.39 is 17.5 Å². The van der Waals surface area contributed by atoms with Gasteiger partial charge in [0.15, 0.2) is 5.65 Å². The highest BCUT2D eigenvalue weighted by Crippen LogP contribution is 2.09. The van der Waals surface area contributed by atoms with Crippen LogP contribution in [0, 0.1) is 0 Å². The minimum absolute atomic E-state index is 0.160. The SMILES string of the molecule is CCOC(=O)Cc1cnc2c(C(=O)OCC)cccn2c1=O. The number of hydrogen-bond acceptors (Lipinski definition) is 6. The molecule has 0 N–H and O–H groups in total. The standard InChI is InChI=1S/C15H16N2O5/c1-3-21-12(18)8-10-9-16-13-11(15(20)22-4-2)6-5-7-17(13)14(10)19/h5-7,9H,3-4,8H2,1-2H3. The summed E-state index contributed by atoms with van der Waals surface area (Å²) in [7, 11) is 0. The molecule has 2 rings (SSSR count). The highest BCUT2D eigenvalue weighted by Gasteiger charge is 2.16. The fourth-order valence-corrected chi connectivity index (χ4v) is 2.00. The number of nitrogens with zero attached hydrogens (tertiary/aromatic N) is 2. The number of rotatable bonds is 5. The summed E-state index contributed by atoms with van der Waals surface area (Å²) in [6.45, 7) is 3.86. The molecule has 0 fully saturated rings. The van der Waals surface area contributed by atoms with Crippen molar-refractivity contribution in [2.45, 2.75) is 20.3 Å². The van der Waals surface area contributed by atoms with Crippen LogP contribution in [0.15, 0.2) is 29.3 Å². The molecule has 0 radical (unpaired) electrons. The van der Waals surface area contributed by atoms with Crippen LogP contribution in [0.2, 0.25) is 0 Å². The lowest BCUT2D eigenvalue weighted by atomic mass is 10.2. The first-order valence-corrected chi connectivity index (χ1v) is 6.90. The average molecular weight is 304 g/mol. The largest absolute Gasteiger partial charge is 0.466 e. The molecule has 0 aromatic carbocycles. The predicted octanol–water partition coefficient (Wildman–Crippen LogP) is 0.977. The Morgan fingerprint density at radius 2 is 1.95 bits per heavy atom. The molecule has 2 aromatic heterocycles. The number of ether oxygens (including phenoxy) is 2. The zero-order valence-electron chi connectivity index (χ0n) is 12.4. The first-order chi connectivity index (χ1) is 10.6. The van der Waals surface area contributed by atoms with E-state index in [2.05, 4.69) is 4.98 Å². The molecule has 0 aliphatic carbocycles. The Morgan fingerprint density at radius 1 is 1.23 bits per heavy atom. The summed E-state index contributed by atoms with van der Waals surface area (Å²) < 4.78 is 11.0. The normalized spacial score (nSPS) is 10.5. The van der Waals surface area contributed by atoms with Crippen molar-refractivity contribution < 1.29 is 19.1 Å². The van der Waals surface area contributed by atoms with E-state index in [1.165, 1.54) is 22.9 Å². The maximum atomic E-state index is 12.4. The Bertz CT molecular complexity index is 766. The number of carbonyl (C=O) groups excluding carboxylic acids is 2. The second-order valence-corrected chi connectivity index (χ2v) is 4.41. The van der Waals surface area contributed by atoms with Crippen molar-refractivity contribution in [1.29, 1.82) is 0 Å². The van der Waals surface area contributed by atoms with Crippen LogP contribution < -0.4 is 5.56 Å². The number of carbonyl (C=O) groups is 2. The Balaban J connectivity index is 2.47. The number of aromatic nitrogens is 2. The van der Waals surface area contributed by atoms with Gasteiger partial charge in [0.1, 0.15) is 5.56 Å². The van der Waals surface area contributed by atoms with Crippen LogP contribution in [0.1, 0.15) is 29.8 Å². The van der Waals surface area contributed by atoms with E-state index >= 15 is 0 Å². The zero-order valence-corrected chi connectivity index (χ0v) is 12.4. The van der Waals surface area contributed by atoms with Gasteiger partial charge in [0.25, 0.3) is 5.56 Å². The van der Waals surface area contributed by atoms with Crippen LogP contribution in [-0.4, -0.2) is 34.5 Å². The van der Waals surface area contributed by atoms with Crippen LogP contribution in [0.4, 0.5) is 0 Å². The minimum Gasteiger partial charge on any atom is -0.466 e. The third kappa shape index (κ3) is 3.13. The third-order valence-corrected chi connectivity index (χ3v) is 2.94. The molecule has 116 valence electrons. The van der Waals surface area contributed by atoms with Gasteiger partial charge in [-0.1, -0.05) is 0 Å². The molecule has 0 aliphatic rings.